The lowest BCUT2D eigenvalue weighted by atomic mass is 10.0. The van der Waals surface area contributed by atoms with Crippen molar-refractivity contribution >= 4 is 17.9 Å². The number of hydrogen-bond donors (Lipinski definition) is 0. The number of esters is 3. The van der Waals surface area contributed by atoms with Crippen molar-refractivity contribution in [2.75, 3.05) is 13.2 Å². The van der Waals surface area contributed by atoms with E-state index in [2.05, 4.69) is 142 Å². The Bertz CT molecular complexity index is 1670. The van der Waals surface area contributed by atoms with Gasteiger partial charge in [-0.2, -0.15) is 0 Å². The van der Waals surface area contributed by atoms with Crippen molar-refractivity contribution in [3.63, 3.8) is 0 Å². The first-order valence-electron chi connectivity index (χ1n) is 34.0. The molecular weight excluding hydrogens is 997 g/mol. The van der Waals surface area contributed by atoms with Crippen molar-refractivity contribution in [2.45, 2.75) is 322 Å². The summed E-state index contributed by atoms with van der Waals surface area (Å²) in [6.07, 6.45) is 95.0. The van der Waals surface area contributed by atoms with Crippen LogP contribution in [0.3, 0.4) is 0 Å². The second-order valence-electron chi connectivity index (χ2n) is 22.3. The summed E-state index contributed by atoms with van der Waals surface area (Å²) in [5, 5.41) is 0. The van der Waals surface area contributed by atoms with Crippen LogP contribution in [0.1, 0.15) is 316 Å². The number of unbranched alkanes of at least 4 members (excludes halogenated alkanes) is 30. The van der Waals surface area contributed by atoms with Crippen molar-refractivity contribution in [3.8, 4) is 0 Å². The third-order valence-corrected chi connectivity index (χ3v) is 14.4. The highest BCUT2D eigenvalue weighted by atomic mass is 16.6. The molecule has 0 radical (unpaired) electrons. The minimum Gasteiger partial charge on any atom is -0.462 e. The number of ether oxygens (including phenoxy) is 3. The average Bonchev–Trinajstić information content (AvgIpc) is 3.47. The summed E-state index contributed by atoms with van der Waals surface area (Å²) in [5.74, 6) is -0.947. The molecule has 0 aliphatic carbocycles. The minimum absolute atomic E-state index is 0.101. The van der Waals surface area contributed by atoms with E-state index in [1.807, 2.05) is 0 Å². The lowest BCUT2D eigenvalue weighted by molar-refractivity contribution is -0.167. The van der Waals surface area contributed by atoms with Gasteiger partial charge in [0.1, 0.15) is 13.2 Å². The summed E-state index contributed by atoms with van der Waals surface area (Å²) in [5.41, 5.74) is 0. The van der Waals surface area contributed by atoms with E-state index in [4.69, 9.17) is 14.2 Å². The van der Waals surface area contributed by atoms with Crippen LogP contribution in [0, 0.1) is 0 Å². The maximum Gasteiger partial charge on any atom is 0.306 e. The molecule has 6 nitrogen and oxygen atoms in total. The van der Waals surface area contributed by atoms with Crippen LogP contribution in [-0.2, 0) is 28.6 Å². The Balaban J connectivity index is 4.41. The van der Waals surface area contributed by atoms with Crippen LogP contribution >= 0.6 is 0 Å². The Kier molecular flexibility index (Phi) is 64.8. The Morgan fingerprint density at radius 3 is 0.790 bits per heavy atom. The van der Waals surface area contributed by atoms with Gasteiger partial charge in [0.05, 0.1) is 0 Å². The Labute approximate surface area is 501 Å². The first-order valence-corrected chi connectivity index (χ1v) is 34.0. The van der Waals surface area contributed by atoms with Crippen LogP contribution in [0.2, 0.25) is 0 Å². The van der Waals surface area contributed by atoms with Crippen LogP contribution in [-0.4, -0.2) is 37.2 Å². The number of carbonyl (C=O) groups is 3. The van der Waals surface area contributed by atoms with Gasteiger partial charge >= 0.3 is 17.9 Å². The van der Waals surface area contributed by atoms with Gasteiger partial charge in [0.25, 0.3) is 0 Å². The van der Waals surface area contributed by atoms with E-state index in [-0.39, 0.29) is 37.5 Å². The second kappa shape index (κ2) is 68.3. The van der Waals surface area contributed by atoms with E-state index in [1.54, 1.807) is 0 Å². The van der Waals surface area contributed by atoms with Gasteiger partial charge in [-0.3, -0.25) is 14.4 Å². The molecule has 0 fully saturated rings. The lowest BCUT2D eigenvalue weighted by Crippen LogP contribution is -2.30. The highest BCUT2D eigenvalue weighted by molar-refractivity contribution is 5.71. The lowest BCUT2D eigenvalue weighted by Gasteiger charge is -2.18. The van der Waals surface area contributed by atoms with Crippen molar-refractivity contribution in [3.05, 3.63) is 122 Å². The van der Waals surface area contributed by atoms with Crippen molar-refractivity contribution in [1.29, 1.82) is 0 Å². The van der Waals surface area contributed by atoms with E-state index in [0.717, 1.165) is 116 Å². The molecule has 462 valence electrons. The molecular formula is C75H126O6. The molecule has 1 atom stereocenters. The van der Waals surface area contributed by atoms with Crippen molar-refractivity contribution in [1.82, 2.24) is 0 Å². The summed E-state index contributed by atoms with van der Waals surface area (Å²) in [7, 11) is 0. The minimum atomic E-state index is -0.810. The van der Waals surface area contributed by atoms with E-state index >= 15 is 0 Å². The quantitative estimate of drug-likeness (QED) is 0.0261. The molecule has 0 saturated carbocycles. The molecule has 0 bridgehead atoms. The fourth-order valence-electron chi connectivity index (χ4n) is 9.33. The van der Waals surface area contributed by atoms with Gasteiger partial charge in [0, 0.05) is 19.3 Å². The molecule has 0 aromatic carbocycles. The predicted octanol–water partition coefficient (Wildman–Crippen LogP) is 23.6. The average molecular weight is 1120 g/mol. The molecule has 0 rings (SSSR count). The number of rotatable bonds is 61. The maximum absolute atomic E-state index is 12.9. The smallest absolute Gasteiger partial charge is 0.306 e. The van der Waals surface area contributed by atoms with Crippen LogP contribution in [0.15, 0.2) is 122 Å². The van der Waals surface area contributed by atoms with Crippen molar-refractivity contribution in [2.24, 2.45) is 0 Å². The zero-order valence-electron chi connectivity index (χ0n) is 53.0. The Morgan fingerprint density at radius 1 is 0.259 bits per heavy atom. The molecule has 81 heavy (non-hydrogen) atoms. The first kappa shape index (κ1) is 76.8. The monoisotopic (exact) mass is 1120 g/mol. The summed E-state index contributed by atoms with van der Waals surface area (Å²) in [6.45, 7) is 6.49. The Hall–Kier alpha value is -4.19. The standard InChI is InChI=1S/C75H126O6/c1-4-7-10-13-16-19-22-25-28-30-32-34-35-36-37-38-39-41-42-44-47-50-53-56-59-62-65-68-74(77)80-71-72(70-79-73(76)67-64-61-58-55-52-49-46-27-24-21-18-15-12-9-6-3)81-75(78)69-66-63-60-57-54-51-48-45-43-40-33-31-29-26-23-20-17-14-11-8-5-2/h8,11,17,20,22,25-27,29-30,32-33,35-36,40,45-46,48,54,57,72H,4-7,9-10,12-16,18-19,21,23-24,28,31,34,37-39,41-44,47,49-53,55-56,58-71H2,1-3H3/b11-8-,20-17-,25-22-,29-26-,32-30-,36-35-,40-33-,46-27-,48-45-,57-54-. The summed E-state index contributed by atoms with van der Waals surface area (Å²) in [4.78, 5) is 38.4. The van der Waals surface area contributed by atoms with Gasteiger partial charge in [0.2, 0.25) is 0 Å². The summed E-state index contributed by atoms with van der Waals surface area (Å²) >= 11 is 0. The van der Waals surface area contributed by atoms with Crippen LogP contribution in [0.4, 0.5) is 0 Å². The SMILES string of the molecule is CC/C=C\C/C=C\C/C=C\C/C=C\C/C=C\C/C=C\CCCCC(=O)OC(COC(=O)CCCCCCC/C=C\CCCCCCCC)COC(=O)CCCCCCCCCCCCCC/C=C\C/C=C\C/C=C\CCCCCCC. The molecule has 6 heteroatoms. The highest BCUT2D eigenvalue weighted by Gasteiger charge is 2.19. The molecule has 0 saturated heterocycles. The second-order valence-corrected chi connectivity index (χ2v) is 22.3. The normalized spacial score (nSPS) is 12.9. The van der Waals surface area contributed by atoms with Gasteiger partial charge < -0.3 is 14.2 Å². The van der Waals surface area contributed by atoms with E-state index in [1.165, 1.54) is 154 Å². The zero-order valence-corrected chi connectivity index (χ0v) is 53.0. The summed E-state index contributed by atoms with van der Waals surface area (Å²) in [6, 6.07) is 0. The predicted molar refractivity (Wildman–Crippen MR) is 353 cm³/mol. The molecule has 0 N–H and O–H groups in total. The molecule has 0 heterocycles. The topological polar surface area (TPSA) is 78.9 Å². The maximum atomic E-state index is 12.9. The molecule has 0 amide bonds. The van der Waals surface area contributed by atoms with Gasteiger partial charge in [-0.05, 0) is 135 Å². The van der Waals surface area contributed by atoms with Crippen LogP contribution in [0.25, 0.3) is 0 Å². The first-order chi connectivity index (χ1) is 40.0. The zero-order chi connectivity index (χ0) is 58.5. The van der Waals surface area contributed by atoms with Gasteiger partial charge in [-0.15, -0.1) is 0 Å². The van der Waals surface area contributed by atoms with E-state index in [0.29, 0.717) is 19.3 Å². The van der Waals surface area contributed by atoms with Crippen LogP contribution < -0.4 is 0 Å². The fraction of sp³-hybridized carbons (Fsp3) is 0.693. The van der Waals surface area contributed by atoms with Gasteiger partial charge in [-0.1, -0.05) is 284 Å². The molecule has 0 aromatic heterocycles. The molecule has 0 aliphatic heterocycles. The van der Waals surface area contributed by atoms with Crippen molar-refractivity contribution < 1.29 is 28.6 Å². The molecule has 0 spiro atoms. The highest BCUT2D eigenvalue weighted by Crippen LogP contribution is 2.16. The van der Waals surface area contributed by atoms with E-state index < -0.39 is 6.10 Å². The fourth-order valence-corrected chi connectivity index (χ4v) is 9.33. The number of hydrogen-bond acceptors (Lipinski definition) is 6. The largest absolute Gasteiger partial charge is 0.462 e. The molecule has 0 aliphatic rings. The summed E-state index contributed by atoms with van der Waals surface area (Å²) < 4.78 is 16.9. The van der Waals surface area contributed by atoms with Gasteiger partial charge in [-0.25, -0.2) is 0 Å². The number of carbonyl (C=O) groups excluding carboxylic acids is 3. The molecule has 1 unspecified atom stereocenters. The van der Waals surface area contributed by atoms with Gasteiger partial charge in [0.15, 0.2) is 6.10 Å². The molecule has 0 aromatic rings. The number of allylic oxidation sites excluding steroid dienone is 20. The van der Waals surface area contributed by atoms with E-state index in [9.17, 15) is 14.4 Å². The Morgan fingerprint density at radius 2 is 0.481 bits per heavy atom. The van der Waals surface area contributed by atoms with Crippen LogP contribution in [0.5, 0.6) is 0 Å². The third-order valence-electron chi connectivity index (χ3n) is 14.4. The third kappa shape index (κ3) is 66.5.